The molecule has 15 heavy (non-hydrogen) atoms. The third-order valence-electron chi connectivity index (χ3n) is 2.13. The fourth-order valence-electron chi connectivity index (χ4n) is 0.634. The molecule has 0 saturated heterocycles. The highest BCUT2D eigenvalue weighted by Crippen LogP contribution is 2.16. The van der Waals surface area contributed by atoms with Gasteiger partial charge in [-0.25, -0.2) is 4.79 Å². The summed E-state index contributed by atoms with van der Waals surface area (Å²) in [5, 5.41) is 8.88. The Balaban J connectivity index is 4.38. The van der Waals surface area contributed by atoms with Crippen LogP contribution in [-0.4, -0.2) is 29.7 Å². The zero-order chi connectivity index (χ0) is 12.2. The number of carbonyl (C=O) groups excluding carboxylic acids is 2. The highest BCUT2D eigenvalue weighted by Gasteiger charge is 2.32. The fourth-order valence-corrected chi connectivity index (χ4v) is 0.634. The Bertz CT molecular complexity index is 248. The van der Waals surface area contributed by atoms with Gasteiger partial charge in [0.05, 0.1) is 12.0 Å². The largest absolute Gasteiger partial charge is 0.395 e. The second-order valence-corrected chi connectivity index (χ2v) is 4.52. The van der Waals surface area contributed by atoms with Gasteiger partial charge in [0.1, 0.15) is 6.04 Å². The van der Waals surface area contributed by atoms with Crippen molar-refractivity contribution in [3.8, 4) is 0 Å². The normalized spacial score (nSPS) is 13.8. The van der Waals surface area contributed by atoms with E-state index in [9.17, 15) is 9.59 Å². The maximum Gasteiger partial charge on any atom is 0.330 e. The van der Waals surface area contributed by atoms with Gasteiger partial charge in [-0.3, -0.25) is 4.79 Å². The molecule has 0 aliphatic heterocycles. The molecule has 1 atom stereocenters. The van der Waals surface area contributed by atoms with Gasteiger partial charge in [-0.1, -0.05) is 13.8 Å². The van der Waals surface area contributed by atoms with Crippen molar-refractivity contribution in [1.82, 2.24) is 0 Å². The van der Waals surface area contributed by atoms with E-state index in [2.05, 4.69) is 4.74 Å². The van der Waals surface area contributed by atoms with E-state index in [0.717, 1.165) is 0 Å². The summed E-state index contributed by atoms with van der Waals surface area (Å²) >= 11 is 0. The van der Waals surface area contributed by atoms with Crippen LogP contribution >= 0.6 is 0 Å². The summed E-state index contributed by atoms with van der Waals surface area (Å²) in [5.41, 5.74) is 4.43. The fraction of sp³-hybridized carbons (Fsp3) is 0.800. The summed E-state index contributed by atoms with van der Waals surface area (Å²) in [6, 6.07) is -0.816. The van der Waals surface area contributed by atoms with Crippen LogP contribution < -0.4 is 5.73 Å². The van der Waals surface area contributed by atoms with Crippen LogP contribution in [0.3, 0.4) is 0 Å². The molecule has 0 fully saturated rings. The molecule has 0 spiro atoms. The van der Waals surface area contributed by atoms with Crippen molar-refractivity contribution in [1.29, 1.82) is 0 Å². The minimum Gasteiger partial charge on any atom is -0.395 e. The van der Waals surface area contributed by atoms with Gasteiger partial charge in [0.2, 0.25) is 0 Å². The van der Waals surface area contributed by atoms with E-state index in [-0.39, 0.29) is 12.5 Å². The van der Waals surface area contributed by atoms with Crippen LogP contribution in [0.2, 0.25) is 0 Å². The molecule has 0 aliphatic carbocycles. The molecule has 0 radical (unpaired) electrons. The summed E-state index contributed by atoms with van der Waals surface area (Å²) in [6.45, 7) is 6.12. The molecule has 0 rings (SSSR count). The molecule has 5 nitrogen and oxygen atoms in total. The van der Waals surface area contributed by atoms with E-state index < -0.39 is 23.4 Å². The number of aliphatic hydroxyl groups excluding tert-OH is 1. The minimum atomic E-state index is -1.08. The van der Waals surface area contributed by atoms with Crippen LogP contribution in [0.25, 0.3) is 0 Å². The first-order chi connectivity index (χ1) is 6.72. The highest BCUT2D eigenvalue weighted by molar-refractivity contribution is 5.90. The molecule has 0 saturated carbocycles. The van der Waals surface area contributed by atoms with Crippen LogP contribution in [0.15, 0.2) is 0 Å². The molecule has 0 aliphatic rings. The van der Waals surface area contributed by atoms with Gasteiger partial charge in [-0.15, -0.1) is 0 Å². The van der Waals surface area contributed by atoms with Gasteiger partial charge in [0.15, 0.2) is 0 Å². The highest BCUT2D eigenvalue weighted by atomic mass is 16.6. The molecule has 0 heterocycles. The van der Waals surface area contributed by atoms with Crippen LogP contribution in [0.5, 0.6) is 0 Å². The first-order valence-electron chi connectivity index (χ1n) is 4.85. The first-order valence-corrected chi connectivity index (χ1v) is 4.85. The van der Waals surface area contributed by atoms with Crippen LogP contribution in [0.1, 0.15) is 27.7 Å². The third kappa shape index (κ3) is 3.97. The molecular formula is C10H19NO4. The standard InChI is InChI=1S/C10H19NO4/c1-6(2)7(11)8(13)15-9(14)10(3,4)5-12/h6-7,12H,5,11H2,1-4H3. The third-order valence-corrected chi connectivity index (χ3v) is 2.13. The average Bonchev–Trinajstić information content (AvgIpc) is 2.16. The van der Waals surface area contributed by atoms with Gasteiger partial charge >= 0.3 is 11.9 Å². The molecule has 5 heteroatoms. The van der Waals surface area contributed by atoms with Gasteiger partial charge in [0, 0.05) is 0 Å². The Morgan fingerprint density at radius 3 is 2.20 bits per heavy atom. The van der Waals surface area contributed by atoms with Crippen molar-refractivity contribution in [2.24, 2.45) is 17.1 Å². The number of hydrogen-bond acceptors (Lipinski definition) is 5. The Hall–Kier alpha value is -0.940. The lowest BCUT2D eigenvalue weighted by atomic mass is 9.95. The zero-order valence-electron chi connectivity index (χ0n) is 9.61. The molecule has 0 aromatic carbocycles. The lowest BCUT2D eigenvalue weighted by molar-refractivity contribution is -0.169. The molecule has 1 unspecified atom stereocenters. The average molecular weight is 217 g/mol. The van der Waals surface area contributed by atoms with Gasteiger partial charge < -0.3 is 15.6 Å². The number of rotatable bonds is 4. The van der Waals surface area contributed by atoms with Crippen molar-refractivity contribution < 1.29 is 19.4 Å². The van der Waals surface area contributed by atoms with E-state index in [4.69, 9.17) is 10.8 Å². The second kappa shape index (κ2) is 5.23. The van der Waals surface area contributed by atoms with Crippen molar-refractivity contribution in [3.05, 3.63) is 0 Å². The smallest absolute Gasteiger partial charge is 0.330 e. The quantitative estimate of drug-likeness (QED) is 0.513. The van der Waals surface area contributed by atoms with Crippen LogP contribution in [0.4, 0.5) is 0 Å². The Morgan fingerprint density at radius 2 is 1.87 bits per heavy atom. The van der Waals surface area contributed by atoms with Gasteiger partial charge in [-0.05, 0) is 19.8 Å². The second-order valence-electron chi connectivity index (χ2n) is 4.52. The predicted octanol–water partition coefficient (Wildman–Crippen LogP) is 0.0580. The van der Waals surface area contributed by atoms with E-state index in [1.807, 2.05) is 0 Å². The Kier molecular flexibility index (Phi) is 4.90. The minimum absolute atomic E-state index is 0.0949. The lowest BCUT2D eigenvalue weighted by Crippen LogP contribution is -2.41. The van der Waals surface area contributed by atoms with Crippen LogP contribution in [0, 0.1) is 11.3 Å². The summed E-state index contributed by atoms with van der Waals surface area (Å²) < 4.78 is 4.57. The number of carbonyl (C=O) groups is 2. The first kappa shape index (κ1) is 14.1. The monoisotopic (exact) mass is 217 g/mol. The molecule has 0 aromatic heterocycles. The predicted molar refractivity (Wildman–Crippen MR) is 54.8 cm³/mol. The van der Waals surface area contributed by atoms with Crippen LogP contribution in [-0.2, 0) is 14.3 Å². The summed E-state index contributed by atoms with van der Waals surface area (Å²) in [6.07, 6.45) is 0. The lowest BCUT2D eigenvalue weighted by Gasteiger charge is -2.20. The molecule has 0 aromatic rings. The van der Waals surface area contributed by atoms with Crippen molar-refractivity contribution in [2.45, 2.75) is 33.7 Å². The van der Waals surface area contributed by atoms with E-state index in [1.165, 1.54) is 13.8 Å². The number of nitrogens with two attached hydrogens (primary N) is 1. The molecule has 3 N–H and O–H groups in total. The summed E-state index contributed by atoms with van der Waals surface area (Å²) in [5.74, 6) is -1.61. The molecular weight excluding hydrogens is 198 g/mol. The van der Waals surface area contributed by atoms with Gasteiger partial charge in [-0.2, -0.15) is 0 Å². The van der Waals surface area contributed by atoms with Crippen molar-refractivity contribution in [2.75, 3.05) is 6.61 Å². The van der Waals surface area contributed by atoms with E-state index in [1.54, 1.807) is 13.8 Å². The Morgan fingerprint density at radius 1 is 1.40 bits per heavy atom. The molecule has 88 valence electrons. The molecule has 0 bridgehead atoms. The SMILES string of the molecule is CC(C)C(N)C(=O)OC(=O)C(C)(C)CO. The maximum absolute atomic E-state index is 11.4. The number of aliphatic hydroxyl groups is 1. The van der Waals surface area contributed by atoms with E-state index in [0.29, 0.717) is 0 Å². The van der Waals surface area contributed by atoms with Gasteiger partial charge in [0.25, 0.3) is 0 Å². The summed E-state index contributed by atoms with van der Waals surface area (Å²) in [7, 11) is 0. The maximum atomic E-state index is 11.4. The number of ether oxygens (including phenoxy) is 1. The summed E-state index contributed by atoms with van der Waals surface area (Å²) in [4.78, 5) is 22.7. The zero-order valence-corrected chi connectivity index (χ0v) is 9.61. The Labute approximate surface area is 89.6 Å². The topological polar surface area (TPSA) is 89.6 Å². The van der Waals surface area contributed by atoms with Crippen molar-refractivity contribution in [3.63, 3.8) is 0 Å². The van der Waals surface area contributed by atoms with Crippen molar-refractivity contribution >= 4 is 11.9 Å². The number of hydrogen-bond donors (Lipinski definition) is 2. The van der Waals surface area contributed by atoms with E-state index >= 15 is 0 Å². The number of esters is 2. The molecule has 0 amide bonds.